The van der Waals surface area contributed by atoms with Crippen LogP contribution in [0.1, 0.15) is 38.2 Å². The number of nitrogens with zero attached hydrogens (tertiary/aromatic N) is 4. The fourth-order valence-corrected chi connectivity index (χ4v) is 5.43. The van der Waals surface area contributed by atoms with Crippen LogP contribution in [-0.2, 0) is 0 Å². The molecule has 9 heteroatoms. The fraction of sp³-hybridized carbons (Fsp3) is 0.379. The third kappa shape index (κ3) is 4.67. The predicted molar refractivity (Wildman–Crippen MR) is 144 cm³/mol. The van der Waals surface area contributed by atoms with Crippen LogP contribution in [0.25, 0.3) is 22.2 Å². The standard InChI is InChI=1S/C29H31F2N5O2/c1-17(2)36-10-11-37-28-22(30)13-21(14-24(28)36)27-23(31)16-32-29(34-27)33-26-15-20-12-19(4-5-25(20)38-26)18-6-8-35(3)9-7-18/h4-5,12-18H,6-11H2,1-3H3,(H,32,33,34). The van der Waals surface area contributed by atoms with Gasteiger partial charge in [-0.2, -0.15) is 0 Å². The number of nitrogens with one attached hydrogen (secondary N) is 1. The van der Waals surface area contributed by atoms with Crippen molar-refractivity contribution in [2.75, 3.05) is 43.5 Å². The summed E-state index contributed by atoms with van der Waals surface area (Å²) in [6.45, 7) is 7.27. The van der Waals surface area contributed by atoms with Gasteiger partial charge in [-0.15, -0.1) is 0 Å². The molecule has 4 heterocycles. The first-order valence-electron chi connectivity index (χ1n) is 13.1. The number of aromatic nitrogens is 2. The first kappa shape index (κ1) is 24.6. The van der Waals surface area contributed by atoms with Gasteiger partial charge < -0.3 is 19.0 Å². The van der Waals surface area contributed by atoms with Crippen LogP contribution < -0.4 is 15.0 Å². The average molecular weight is 520 g/mol. The molecule has 2 aliphatic rings. The zero-order valence-corrected chi connectivity index (χ0v) is 21.8. The van der Waals surface area contributed by atoms with Crippen molar-refractivity contribution in [2.24, 2.45) is 0 Å². The van der Waals surface area contributed by atoms with Crippen LogP contribution in [0.15, 0.2) is 47.0 Å². The second kappa shape index (κ2) is 9.87. The summed E-state index contributed by atoms with van der Waals surface area (Å²) in [5.41, 5.74) is 2.96. The maximum Gasteiger partial charge on any atom is 0.230 e. The molecular weight excluding hydrogens is 488 g/mol. The molecule has 6 rings (SSSR count). The van der Waals surface area contributed by atoms with Gasteiger partial charge in [0.15, 0.2) is 17.4 Å². The Bertz CT molecular complexity index is 1480. The van der Waals surface area contributed by atoms with Crippen molar-refractivity contribution in [2.45, 2.75) is 38.6 Å². The van der Waals surface area contributed by atoms with Crippen LogP contribution in [0.3, 0.4) is 0 Å². The van der Waals surface area contributed by atoms with Gasteiger partial charge in [-0.3, -0.25) is 5.32 Å². The van der Waals surface area contributed by atoms with Gasteiger partial charge in [0.05, 0.1) is 18.4 Å². The van der Waals surface area contributed by atoms with E-state index in [2.05, 4.69) is 39.4 Å². The van der Waals surface area contributed by atoms with Crippen LogP contribution in [0.5, 0.6) is 5.75 Å². The van der Waals surface area contributed by atoms with E-state index in [9.17, 15) is 8.78 Å². The van der Waals surface area contributed by atoms with Crippen molar-refractivity contribution in [3.05, 3.63) is 59.8 Å². The summed E-state index contributed by atoms with van der Waals surface area (Å²) in [6, 6.07) is 11.3. The van der Waals surface area contributed by atoms with Crippen LogP contribution in [-0.4, -0.2) is 54.2 Å². The van der Waals surface area contributed by atoms with E-state index in [1.165, 1.54) is 11.6 Å². The van der Waals surface area contributed by atoms with Crippen molar-refractivity contribution in [1.82, 2.24) is 14.9 Å². The van der Waals surface area contributed by atoms with Crippen molar-refractivity contribution in [3.63, 3.8) is 0 Å². The third-order valence-corrected chi connectivity index (χ3v) is 7.52. The van der Waals surface area contributed by atoms with Gasteiger partial charge in [0.1, 0.15) is 17.9 Å². The monoisotopic (exact) mass is 519 g/mol. The molecule has 38 heavy (non-hydrogen) atoms. The molecule has 1 fully saturated rings. The molecule has 0 bridgehead atoms. The molecule has 0 amide bonds. The Morgan fingerprint density at radius 2 is 1.84 bits per heavy atom. The Labute approximate surface area is 220 Å². The van der Waals surface area contributed by atoms with Crippen LogP contribution in [0, 0.1) is 11.6 Å². The number of furan rings is 1. The van der Waals surface area contributed by atoms with Gasteiger partial charge in [0.2, 0.25) is 11.8 Å². The zero-order chi connectivity index (χ0) is 26.4. The number of piperidine rings is 1. The number of halogens is 2. The summed E-state index contributed by atoms with van der Waals surface area (Å²) < 4.78 is 41.4. The summed E-state index contributed by atoms with van der Waals surface area (Å²) in [5.74, 6) is 0.144. The van der Waals surface area contributed by atoms with Gasteiger partial charge in [0.25, 0.3) is 0 Å². The molecule has 4 aromatic rings. The Morgan fingerprint density at radius 3 is 2.63 bits per heavy atom. The van der Waals surface area contributed by atoms with E-state index in [4.69, 9.17) is 9.15 Å². The molecule has 2 aromatic heterocycles. The molecule has 1 saturated heterocycles. The minimum Gasteiger partial charge on any atom is -0.486 e. The molecule has 0 atom stereocenters. The van der Waals surface area contributed by atoms with Gasteiger partial charge in [-0.25, -0.2) is 18.7 Å². The van der Waals surface area contributed by atoms with E-state index < -0.39 is 11.6 Å². The molecule has 198 valence electrons. The number of anilines is 3. The lowest BCUT2D eigenvalue weighted by Gasteiger charge is -2.34. The number of benzene rings is 2. The van der Waals surface area contributed by atoms with Crippen molar-refractivity contribution < 1.29 is 17.9 Å². The number of rotatable bonds is 5. The van der Waals surface area contributed by atoms with Crippen LogP contribution >= 0.6 is 0 Å². The van der Waals surface area contributed by atoms with Gasteiger partial charge >= 0.3 is 0 Å². The minimum atomic E-state index is -0.643. The SMILES string of the molecule is CC(C)N1CCOc2c(F)cc(-c3nc(Nc4cc5cc(C6CCN(C)CC6)ccc5o4)ncc3F)cc21. The predicted octanol–water partition coefficient (Wildman–Crippen LogP) is 6.33. The zero-order valence-electron chi connectivity index (χ0n) is 21.8. The Morgan fingerprint density at radius 1 is 1.03 bits per heavy atom. The second-order valence-electron chi connectivity index (χ2n) is 10.4. The van der Waals surface area contributed by atoms with Gasteiger partial charge in [-0.05, 0) is 82.6 Å². The molecule has 0 radical (unpaired) electrons. The molecule has 0 saturated carbocycles. The van der Waals surface area contributed by atoms with E-state index in [1.807, 2.05) is 30.9 Å². The average Bonchev–Trinajstić information content (AvgIpc) is 3.31. The maximum atomic E-state index is 15.0. The summed E-state index contributed by atoms with van der Waals surface area (Å²) in [7, 11) is 2.16. The molecule has 7 nitrogen and oxygen atoms in total. The molecule has 0 aliphatic carbocycles. The highest BCUT2D eigenvalue weighted by molar-refractivity contribution is 5.82. The number of fused-ring (bicyclic) bond motifs is 2. The Kier molecular flexibility index (Phi) is 6.39. The number of hydrogen-bond acceptors (Lipinski definition) is 7. The fourth-order valence-electron chi connectivity index (χ4n) is 5.43. The lowest BCUT2D eigenvalue weighted by Crippen LogP contribution is -2.38. The maximum absolute atomic E-state index is 15.0. The van der Waals surface area contributed by atoms with Crippen molar-refractivity contribution >= 4 is 28.5 Å². The van der Waals surface area contributed by atoms with Crippen molar-refractivity contribution in [1.29, 1.82) is 0 Å². The van der Waals surface area contributed by atoms with E-state index in [0.29, 0.717) is 36.2 Å². The topological polar surface area (TPSA) is 66.7 Å². The van der Waals surface area contributed by atoms with E-state index in [-0.39, 0.29) is 23.4 Å². The van der Waals surface area contributed by atoms with Crippen LogP contribution in [0.4, 0.5) is 26.3 Å². The summed E-state index contributed by atoms with van der Waals surface area (Å²) in [6.07, 6.45) is 3.36. The molecule has 0 unspecified atom stereocenters. The van der Waals surface area contributed by atoms with Crippen LogP contribution in [0.2, 0.25) is 0 Å². The van der Waals surface area contributed by atoms with Crippen molar-refractivity contribution in [3.8, 4) is 17.0 Å². The van der Waals surface area contributed by atoms with Gasteiger partial charge in [0, 0.05) is 23.1 Å². The lowest BCUT2D eigenvalue weighted by molar-refractivity contribution is 0.255. The summed E-state index contributed by atoms with van der Waals surface area (Å²) >= 11 is 0. The quantitative estimate of drug-likeness (QED) is 0.331. The first-order valence-corrected chi connectivity index (χ1v) is 13.1. The molecule has 2 aromatic carbocycles. The van der Waals surface area contributed by atoms with Gasteiger partial charge in [-0.1, -0.05) is 6.07 Å². The highest BCUT2D eigenvalue weighted by atomic mass is 19.1. The smallest absolute Gasteiger partial charge is 0.230 e. The second-order valence-corrected chi connectivity index (χ2v) is 10.4. The molecule has 0 spiro atoms. The summed E-state index contributed by atoms with van der Waals surface area (Å²) in [5, 5.41) is 4.03. The molecular formula is C29H31F2N5O2. The first-order chi connectivity index (χ1) is 18.4. The highest BCUT2D eigenvalue weighted by Gasteiger charge is 2.26. The number of ether oxygens (including phenoxy) is 1. The normalized spacial score (nSPS) is 16.6. The minimum absolute atomic E-state index is 0.000793. The Balaban J connectivity index is 1.28. The summed E-state index contributed by atoms with van der Waals surface area (Å²) in [4.78, 5) is 12.9. The highest BCUT2D eigenvalue weighted by Crippen LogP contribution is 2.39. The lowest BCUT2D eigenvalue weighted by atomic mass is 9.89. The van der Waals surface area contributed by atoms with E-state index >= 15 is 0 Å². The third-order valence-electron chi connectivity index (χ3n) is 7.52. The molecule has 2 aliphatic heterocycles. The number of hydrogen-bond donors (Lipinski definition) is 1. The van der Waals surface area contributed by atoms with E-state index in [0.717, 1.165) is 43.1 Å². The molecule has 1 N–H and O–H groups in total. The largest absolute Gasteiger partial charge is 0.486 e. The van der Waals surface area contributed by atoms with E-state index in [1.54, 1.807) is 6.07 Å². The number of likely N-dealkylation sites (tertiary alicyclic amines) is 1. The Hall–Kier alpha value is -3.72.